The van der Waals surface area contributed by atoms with Crippen molar-refractivity contribution < 1.29 is 14.6 Å². The molecular formula is C25H20O3S. The van der Waals surface area contributed by atoms with Crippen molar-refractivity contribution in [3.05, 3.63) is 95.1 Å². The summed E-state index contributed by atoms with van der Waals surface area (Å²) in [5.74, 6) is 0.854. The van der Waals surface area contributed by atoms with E-state index in [0.717, 1.165) is 32.3 Å². The monoisotopic (exact) mass is 400 g/mol. The number of hydrogen-bond acceptors (Lipinski definition) is 4. The number of carbonyl (C=O) groups is 1. The van der Waals surface area contributed by atoms with Crippen molar-refractivity contribution in [2.45, 2.75) is 13.8 Å². The predicted molar refractivity (Wildman–Crippen MR) is 119 cm³/mol. The molecule has 0 spiro atoms. The minimum Gasteiger partial charge on any atom is -0.508 e. The van der Waals surface area contributed by atoms with Crippen LogP contribution in [0.15, 0.2) is 73.5 Å². The first-order chi connectivity index (χ1) is 14.0. The molecule has 3 nitrogen and oxygen atoms in total. The molecule has 3 aromatic carbocycles. The summed E-state index contributed by atoms with van der Waals surface area (Å²) < 4.78 is 6.20. The van der Waals surface area contributed by atoms with E-state index in [1.165, 1.54) is 17.6 Å². The van der Waals surface area contributed by atoms with E-state index in [-0.39, 0.29) is 11.5 Å². The normalized spacial score (nSPS) is 10.8. The van der Waals surface area contributed by atoms with Gasteiger partial charge < -0.3 is 9.84 Å². The molecule has 29 heavy (non-hydrogen) atoms. The highest BCUT2D eigenvalue weighted by Crippen LogP contribution is 2.41. The number of ether oxygens (including phenoxy) is 1. The first-order valence-corrected chi connectivity index (χ1v) is 10.0. The van der Waals surface area contributed by atoms with E-state index in [4.69, 9.17) is 4.74 Å². The fourth-order valence-electron chi connectivity index (χ4n) is 3.57. The zero-order valence-electron chi connectivity index (χ0n) is 16.2. The Balaban J connectivity index is 1.92. The third-order valence-corrected chi connectivity index (χ3v) is 5.88. The minimum atomic E-state index is -0.0149. The summed E-state index contributed by atoms with van der Waals surface area (Å²) in [4.78, 5) is 14.1. The fraction of sp³-hybridized carbons (Fsp3) is 0.0800. The van der Waals surface area contributed by atoms with E-state index in [1.54, 1.807) is 12.1 Å². The Morgan fingerprint density at radius 1 is 1.00 bits per heavy atom. The van der Waals surface area contributed by atoms with E-state index in [1.807, 2.05) is 56.3 Å². The third kappa shape index (κ3) is 3.67. The summed E-state index contributed by atoms with van der Waals surface area (Å²) in [7, 11) is 0. The second-order valence-corrected chi connectivity index (χ2v) is 8.05. The second kappa shape index (κ2) is 7.57. The number of fused-ring (bicyclic) bond motifs is 1. The lowest BCUT2D eigenvalue weighted by Gasteiger charge is -2.08. The second-order valence-electron chi connectivity index (χ2n) is 7.00. The van der Waals surface area contributed by atoms with Crippen LogP contribution in [0.5, 0.6) is 11.5 Å². The molecule has 0 bridgehead atoms. The van der Waals surface area contributed by atoms with Crippen molar-refractivity contribution in [1.82, 2.24) is 0 Å². The van der Waals surface area contributed by atoms with Crippen LogP contribution in [0.25, 0.3) is 21.2 Å². The van der Waals surface area contributed by atoms with Gasteiger partial charge in [0, 0.05) is 21.2 Å². The van der Waals surface area contributed by atoms with E-state index < -0.39 is 0 Å². The Morgan fingerprint density at radius 3 is 2.34 bits per heavy atom. The van der Waals surface area contributed by atoms with Gasteiger partial charge in [0.05, 0.1) is 11.1 Å². The van der Waals surface area contributed by atoms with Crippen molar-refractivity contribution >= 4 is 27.2 Å². The number of aryl methyl sites for hydroxylation is 2. The molecule has 0 aliphatic heterocycles. The molecule has 1 aromatic heterocycles. The zero-order valence-corrected chi connectivity index (χ0v) is 17.0. The Kier molecular flexibility index (Phi) is 4.95. The first-order valence-electron chi connectivity index (χ1n) is 9.23. The van der Waals surface area contributed by atoms with Crippen molar-refractivity contribution in [3.8, 4) is 22.6 Å². The Bertz CT molecular complexity index is 1210. The van der Waals surface area contributed by atoms with Crippen LogP contribution in [0.1, 0.15) is 26.4 Å². The van der Waals surface area contributed by atoms with Crippen LogP contribution < -0.4 is 4.74 Å². The van der Waals surface area contributed by atoms with Crippen molar-refractivity contribution in [3.63, 3.8) is 0 Å². The van der Waals surface area contributed by atoms with Crippen LogP contribution in [-0.2, 0) is 0 Å². The van der Waals surface area contributed by atoms with E-state index >= 15 is 0 Å². The van der Waals surface area contributed by atoms with Crippen molar-refractivity contribution in [2.24, 2.45) is 0 Å². The van der Waals surface area contributed by atoms with Crippen LogP contribution in [0.4, 0.5) is 0 Å². The molecule has 1 heterocycles. The number of rotatable bonds is 5. The summed E-state index contributed by atoms with van der Waals surface area (Å²) in [6, 6.07) is 18.7. The molecule has 0 unspecified atom stereocenters. The lowest BCUT2D eigenvalue weighted by molar-refractivity contribution is 0.104. The molecule has 0 radical (unpaired) electrons. The number of hydrogen-bond donors (Lipinski definition) is 1. The predicted octanol–water partition coefficient (Wildman–Crippen LogP) is 6.64. The maximum Gasteiger partial charge on any atom is 0.203 e. The largest absolute Gasteiger partial charge is 0.508 e. The zero-order chi connectivity index (χ0) is 20.5. The number of phenols is 1. The smallest absolute Gasteiger partial charge is 0.203 e. The van der Waals surface area contributed by atoms with E-state index in [9.17, 15) is 9.90 Å². The number of thiophene rings is 1. The van der Waals surface area contributed by atoms with Crippen LogP contribution in [-0.4, -0.2) is 10.9 Å². The molecule has 4 rings (SSSR count). The highest BCUT2D eigenvalue weighted by molar-refractivity contribution is 7.21. The molecule has 1 N–H and O–H groups in total. The van der Waals surface area contributed by atoms with Gasteiger partial charge in [-0.1, -0.05) is 35.9 Å². The van der Waals surface area contributed by atoms with Gasteiger partial charge in [-0.25, -0.2) is 0 Å². The maximum absolute atomic E-state index is 13.5. The average molecular weight is 400 g/mol. The Morgan fingerprint density at radius 2 is 1.69 bits per heavy atom. The van der Waals surface area contributed by atoms with Crippen LogP contribution in [0.3, 0.4) is 0 Å². The van der Waals surface area contributed by atoms with Gasteiger partial charge in [-0.05, 0) is 61.9 Å². The highest BCUT2D eigenvalue weighted by Gasteiger charge is 2.22. The van der Waals surface area contributed by atoms with Gasteiger partial charge in [0.25, 0.3) is 0 Å². The molecule has 0 amide bonds. The molecule has 0 saturated heterocycles. The standard InChI is InChI=1S/C25H20O3S/c1-4-28-20-8-5-17(6-9-20)23-21-10-7-19(26)14-22(21)29-25(23)24(27)18-12-15(2)11-16(3)13-18/h4-14,26H,1H2,2-3H3. The topological polar surface area (TPSA) is 46.5 Å². The molecular weight excluding hydrogens is 380 g/mol. The molecule has 0 fully saturated rings. The minimum absolute atomic E-state index is 0.0149. The molecule has 144 valence electrons. The van der Waals surface area contributed by atoms with Gasteiger partial charge in [0.15, 0.2) is 0 Å². The quantitative estimate of drug-likeness (QED) is 0.301. The van der Waals surface area contributed by atoms with Crippen molar-refractivity contribution in [2.75, 3.05) is 0 Å². The van der Waals surface area contributed by atoms with Gasteiger partial charge in [-0.2, -0.15) is 0 Å². The number of ketones is 1. The molecule has 4 heteroatoms. The van der Waals surface area contributed by atoms with Gasteiger partial charge >= 0.3 is 0 Å². The number of carbonyl (C=O) groups excluding carboxylic acids is 1. The lowest BCUT2D eigenvalue weighted by atomic mass is 9.96. The van der Waals surface area contributed by atoms with Gasteiger partial charge in [0.1, 0.15) is 11.5 Å². The molecule has 0 saturated carbocycles. The Hall–Kier alpha value is -3.37. The average Bonchev–Trinajstić information content (AvgIpc) is 3.06. The van der Waals surface area contributed by atoms with E-state index in [0.29, 0.717) is 16.2 Å². The van der Waals surface area contributed by atoms with E-state index in [2.05, 4.69) is 12.6 Å². The fourth-order valence-corrected chi connectivity index (χ4v) is 4.79. The number of aromatic hydroxyl groups is 1. The number of phenolic OH excluding ortho intramolecular Hbond substituents is 1. The van der Waals surface area contributed by atoms with Crippen molar-refractivity contribution in [1.29, 1.82) is 0 Å². The molecule has 4 aromatic rings. The Labute approximate surface area is 173 Å². The molecule has 0 aliphatic carbocycles. The SMILES string of the molecule is C=COc1ccc(-c2c(C(=O)c3cc(C)cc(C)c3)sc3cc(O)ccc23)cc1. The van der Waals surface area contributed by atoms with Crippen LogP contribution in [0, 0.1) is 13.8 Å². The molecule has 0 aliphatic rings. The first kappa shape index (κ1) is 19.0. The molecule has 0 atom stereocenters. The van der Waals surface area contributed by atoms with Gasteiger partial charge in [0.2, 0.25) is 5.78 Å². The maximum atomic E-state index is 13.5. The summed E-state index contributed by atoms with van der Waals surface area (Å²) in [5.41, 5.74) is 4.58. The third-order valence-electron chi connectivity index (χ3n) is 4.73. The van der Waals surface area contributed by atoms with Crippen LogP contribution in [0.2, 0.25) is 0 Å². The summed E-state index contributed by atoms with van der Waals surface area (Å²) in [6.07, 6.45) is 1.38. The number of benzene rings is 3. The highest BCUT2D eigenvalue weighted by atomic mass is 32.1. The van der Waals surface area contributed by atoms with Gasteiger partial charge in [-0.3, -0.25) is 4.79 Å². The summed E-state index contributed by atoms with van der Waals surface area (Å²) in [5, 5.41) is 10.9. The lowest BCUT2D eigenvalue weighted by Crippen LogP contribution is -2.01. The summed E-state index contributed by atoms with van der Waals surface area (Å²) >= 11 is 1.41. The van der Waals surface area contributed by atoms with Crippen LogP contribution >= 0.6 is 11.3 Å². The van der Waals surface area contributed by atoms with Gasteiger partial charge in [-0.15, -0.1) is 11.3 Å². The summed E-state index contributed by atoms with van der Waals surface area (Å²) in [6.45, 7) is 7.56.